The minimum atomic E-state index is -0.579. The summed E-state index contributed by atoms with van der Waals surface area (Å²) in [6.45, 7) is 0. The third kappa shape index (κ3) is 3.08. The molecule has 6 heteroatoms. The van der Waals surface area contributed by atoms with Crippen molar-refractivity contribution in [3.63, 3.8) is 0 Å². The van der Waals surface area contributed by atoms with Crippen molar-refractivity contribution in [2.45, 2.75) is 0 Å². The van der Waals surface area contributed by atoms with Gasteiger partial charge in [-0.3, -0.25) is 4.79 Å². The summed E-state index contributed by atoms with van der Waals surface area (Å²) >= 11 is 3.31. The van der Waals surface area contributed by atoms with E-state index in [1.807, 2.05) is 28.7 Å². The second kappa shape index (κ2) is 5.96. The fourth-order valence-corrected chi connectivity index (χ4v) is 2.45. The van der Waals surface area contributed by atoms with Crippen LogP contribution in [-0.4, -0.2) is 11.9 Å². The van der Waals surface area contributed by atoms with Crippen molar-refractivity contribution >= 4 is 45.8 Å². The van der Waals surface area contributed by atoms with Gasteiger partial charge in [0.1, 0.15) is 0 Å². The van der Waals surface area contributed by atoms with E-state index in [9.17, 15) is 9.59 Å². The minimum absolute atomic E-state index is 0.421. The van der Waals surface area contributed by atoms with Crippen LogP contribution in [0.4, 0.5) is 0 Å². The van der Waals surface area contributed by atoms with Gasteiger partial charge in [0, 0.05) is 3.57 Å². The molecule has 0 radical (unpaired) electrons. The molecule has 1 N–H and O–H groups in total. The first-order valence-corrected chi connectivity index (χ1v) is 6.94. The van der Waals surface area contributed by atoms with Crippen LogP contribution < -0.4 is 5.48 Å². The van der Waals surface area contributed by atoms with Crippen molar-refractivity contribution in [2.75, 3.05) is 0 Å². The number of benzene rings is 1. The van der Waals surface area contributed by atoms with E-state index in [0.29, 0.717) is 10.4 Å². The summed E-state index contributed by atoms with van der Waals surface area (Å²) in [5.74, 6) is -1.01. The lowest BCUT2D eigenvalue weighted by Gasteiger charge is -2.05. The van der Waals surface area contributed by atoms with Crippen molar-refractivity contribution in [3.8, 4) is 0 Å². The maximum Gasteiger partial charge on any atom is 0.364 e. The van der Waals surface area contributed by atoms with Crippen LogP contribution in [0.5, 0.6) is 0 Å². The van der Waals surface area contributed by atoms with Crippen LogP contribution in [0.25, 0.3) is 0 Å². The third-order valence-corrected chi connectivity index (χ3v) is 3.88. The SMILES string of the molecule is O=C(NOC(=O)c1ccccc1I)c1cccs1. The fraction of sp³-hybridized carbons (Fsp3) is 0. The zero-order valence-corrected chi connectivity index (χ0v) is 12.0. The summed E-state index contributed by atoms with van der Waals surface area (Å²) in [5, 5.41) is 1.77. The normalized spacial score (nSPS) is 9.83. The second-order valence-corrected chi connectivity index (χ2v) is 5.39. The van der Waals surface area contributed by atoms with E-state index in [4.69, 9.17) is 4.84 Å². The predicted octanol–water partition coefficient (Wildman–Crippen LogP) is 2.85. The van der Waals surface area contributed by atoms with Crippen molar-refractivity contribution in [2.24, 2.45) is 0 Å². The van der Waals surface area contributed by atoms with Gasteiger partial charge in [-0.25, -0.2) is 4.79 Å². The molecule has 1 aromatic carbocycles. The number of rotatable bonds is 2. The summed E-state index contributed by atoms with van der Waals surface area (Å²) in [5.41, 5.74) is 2.55. The van der Waals surface area contributed by atoms with Crippen LogP contribution in [0.15, 0.2) is 41.8 Å². The number of nitrogens with one attached hydrogen (secondary N) is 1. The summed E-state index contributed by atoms with van der Waals surface area (Å²) < 4.78 is 0.769. The molecule has 18 heavy (non-hydrogen) atoms. The zero-order chi connectivity index (χ0) is 13.0. The summed E-state index contributed by atoms with van der Waals surface area (Å²) in [6.07, 6.45) is 0. The molecule has 0 atom stereocenters. The summed E-state index contributed by atoms with van der Waals surface area (Å²) in [6, 6.07) is 10.4. The average Bonchev–Trinajstić information content (AvgIpc) is 2.90. The van der Waals surface area contributed by atoms with Crippen LogP contribution in [0.2, 0.25) is 0 Å². The van der Waals surface area contributed by atoms with E-state index < -0.39 is 11.9 Å². The topological polar surface area (TPSA) is 55.4 Å². The molecule has 4 nitrogen and oxygen atoms in total. The highest BCUT2D eigenvalue weighted by atomic mass is 127. The summed E-state index contributed by atoms with van der Waals surface area (Å²) in [4.78, 5) is 28.5. The molecule has 0 bridgehead atoms. The highest BCUT2D eigenvalue weighted by molar-refractivity contribution is 14.1. The Balaban J connectivity index is 1.97. The maximum atomic E-state index is 11.7. The van der Waals surface area contributed by atoms with Crippen molar-refractivity contribution in [3.05, 3.63) is 55.8 Å². The molecule has 2 aromatic rings. The average molecular weight is 373 g/mol. The Hall–Kier alpha value is -1.41. The van der Waals surface area contributed by atoms with Crippen LogP contribution in [0, 0.1) is 3.57 Å². The van der Waals surface area contributed by atoms with E-state index in [0.717, 1.165) is 3.57 Å². The van der Waals surface area contributed by atoms with Gasteiger partial charge in [-0.1, -0.05) is 18.2 Å². The number of hydroxylamine groups is 1. The molecule has 0 aliphatic heterocycles. The van der Waals surface area contributed by atoms with Crippen LogP contribution >= 0.6 is 33.9 Å². The lowest BCUT2D eigenvalue weighted by molar-refractivity contribution is 0.0231. The van der Waals surface area contributed by atoms with E-state index >= 15 is 0 Å². The Morgan fingerprint density at radius 1 is 1.17 bits per heavy atom. The Morgan fingerprint density at radius 3 is 2.61 bits per heavy atom. The standard InChI is InChI=1S/C12H8INO3S/c13-9-5-2-1-4-8(9)12(16)17-14-11(15)10-6-3-7-18-10/h1-7H,(H,14,15). The van der Waals surface area contributed by atoms with Gasteiger partial charge in [-0.05, 0) is 46.2 Å². The fourth-order valence-electron chi connectivity index (χ4n) is 1.23. The first-order valence-electron chi connectivity index (χ1n) is 4.98. The van der Waals surface area contributed by atoms with Crippen LogP contribution in [-0.2, 0) is 4.84 Å². The number of amides is 1. The number of carbonyl (C=O) groups is 2. The predicted molar refractivity (Wildman–Crippen MR) is 76.4 cm³/mol. The molecule has 1 aromatic heterocycles. The summed E-state index contributed by atoms with van der Waals surface area (Å²) in [7, 11) is 0. The molecule has 0 aliphatic rings. The molecular formula is C12H8INO3S. The number of halogens is 1. The zero-order valence-electron chi connectivity index (χ0n) is 9.05. The quantitative estimate of drug-likeness (QED) is 0.651. The molecule has 0 fully saturated rings. The van der Waals surface area contributed by atoms with Gasteiger partial charge in [0.05, 0.1) is 10.4 Å². The molecular weight excluding hydrogens is 365 g/mol. The number of carbonyl (C=O) groups excluding carboxylic acids is 2. The van der Waals surface area contributed by atoms with Gasteiger partial charge in [0.25, 0.3) is 5.91 Å². The molecule has 2 rings (SSSR count). The lowest BCUT2D eigenvalue weighted by Crippen LogP contribution is -2.26. The molecule has 0 unspecified atom stereocenters. The molecule has 92 valence electrons. The van der Waals surface area contributed by atoms with Gasteiger partial charge in [-0.15, -0.1) is 11.3 Å². The van der Waals surface area contributed by atoms with Gasteiger partial charge < -0.3 is 4.84 Å². The van der Waals surface area contributed by atoms with Crippen LogP contribution in [0.1, 0.15) is 20.0 Å². The van der Waals surface area contributed by atoms with E-state index in [-0.39, 0.29) is 0 Å². The first-order chi connectivity index (χ1) is 8.68. The van der Waals surface area contributed by atoms with Gasteiger partial charge >= 0.3 is 5.97 Å². The Bertz CT molecular complexity index is 568. The largest absolute Gasteiger partial charge is 0.364 e. The van der Waals surface area contributed by atoms with Gasteiger partial charge in [0.2, 0.25) is 0 Å². The van der Waals surface area contributed by atoms with Gasteiger partial charge in [-0.2, -0.15) is 5.48 Å². The molecule has 0 saturated heterocycles. The van der Waals surface area contributed by atoms with Gasteiger partial charge in [0.15, 0.2) is 0 Å². The number of thiophene rings is 1. The number of hydrogen-bond donors (Lipinski definition) is 1. The third-order valence-electron chi connectivity index (χ3n) is 2.08. The molecule has 0 aliphatic carbocycles. The van der Waals surface area contributed by atoms with Crippen molar-refractivity contribution < 1.29 is 14.4 Å². The molecule has 1 amide bonds. The van der Waals surface area contributed by atoms with Crippen LogP contribution in [0.3, 0.4) is 0 Å². The smallest absolute Gasteiger partial charge is 0.335 e. The van der Waals surface area contributed by atoms with E-state index in [1.54, 1.807) is 35.7 Å². The molecule has 0 saturated carbocycles. The van der Waals surface area contributed by atoms with E-state index in [2.05, 4.69) is 5.48 Å². The Morgan fingerprint density at radius 2 is 1.94 bits per heavy atom. The maximum absolute atomic E-state index is 11.7. The Kier molecular flexibility index (Phi) is 4.32. The molecule has 1 heterocycles. The van der Waals surface area contributed by atoms with Crippen molar-refractivity contribution in [1.82, 2.24) is 5.48 Å². The van der Waals surface area contributed by atoms with Crippen molar-refractivity contribution in [1.29, 1.82) is 0 Å². The molecule has 0 spiro atoms. The highest BCUT2D eigenvalue weighted by Gasteiger charge is 2.13. The lowest BCUT2D eigenvalue weighted by atomic mass is 10.2. The Labute approximate surface area is 121 Å². The highest BCUT2D eigenvalue weighted by Crippen LogP contribution is 2.12. The second-order valence-electron chi connectivity index (χ2n) is 3.28. The minimum Gasteiger partial charge on any atom is -0.335 e. The monoisotopic (exact) mass is 373 g/mol. The first kappa shape index (κ1) is 13.0. The number of hydrogen-bond acceptors (Lipinski definition) is 4. The van der Waals surface area contributed by atoms with E-state index in [1.165, 1.54) is 11.3 Å².